The number of anilines is 1. The van der Waals surface area contributed by atoms with Crippen LogP contribution < -0.4 is 5.32 Å². The zero-order valence-corrected chi connectivity index (χ0v) is 8.71. The number of carbonyl (C=O) groups excluding carboxylic acids is 1. The van der Waals surface area contributed by atoms with E-state index in [4.69, 9.17) is 16.7 Å². The zero-order valence-electron chi connectivity index (χ0n) is 7.96. The van der Waals surface area contributed by atoms with Crippen LogP contribution in [0.1, 0.15) is 10.4 Å². The summed E-state index contributed by atoms with van der Waals surface area (Å²) >= 11 is 5.55. The van der Waals surface area contributed by atoms with Crippen molar-refractivity contribution in [1.82, 2.24) is 0 Å². The van der Waals surface area contributed by atoms with E-state index in [2.05, 4.69) is 5.32 Å². The fourth-order valence-corrected chi connectivity index (χ4v) is 1.75. The van der Waals surface area contributed by atoms with E-state index in [1.54, 1.807) is 0 Å². The van der Waals surface area contributed by atoms with Crippen molar-refractivity contribution in [3.05, 3.63) is 28.5 Å². The van der Waals surface area contributed by atoms with Gasteiger partial charge in [-0.05, 0) is 12.1 Å². The van der Waals surface area contributed by atoms with Gasteiger partial charge in [0.1, 0.15) is 11.7 Å². The first-order valence-corrected chi connectivity index (χ1v) is 4.88. The van der Waals surface area contributed by atoms with E-state index in [1.807, 2.05) is 0 Å². The molecule has 0 saturated carbocycles. The highest BCUT2D eigenvalue weighted by Gasteiger charge is 2.33. The average molecular weight is 244 g/mol. The summed E-state index contributed by atoms with van der Waals surface area (Å²) in [5.74, 6) is -3.73. The maximum atomic E-state index is 13.1. The highest BCUT2D eigenvalue weighted by atomic mass is 35.5. The van der Waals surface area contributed by atoms with Crippen LogP contribution in [0.2, 0.25) is 5.02 Å². The van der Waals surface area contributed by atoms with Gasteiger partial charge in [0.2, 0.25) is 0 Å². The lowest BCUT2D eigenvalue weighted by Crippen LogP contribution is -2.35. The molecule has 0 bridgehead atoms. The topological polar surface area (TPSA) is 66.4 Å². The molecule has 4 nitrogen and oxygen atoms in total. The Morgan fingerprint density at radius 3 is 2.88 bits per heavy atom. The number of nitrogens with one attached hydrogen (secondary N) is 1. The van der Waals surface area contributed by atoms with Crippen molar-refractivity contribution in [1.29, 1.82) is 0 Å². The number of carboxylic acid groups (broad SMARTS) is 1. The molecule has 1 aromatic rings. The third-order valence-electron chi connectivity index (χ3n) is 2.44. The Morgan fingerprint density at radius 2 is 2.25 bits per heavy atom. The molecule has 6 heteroatoms. The molecule has 0 saturated heterocycles. The van der Waals surface area contributed by atoms with Crippen molar-refractivity contribution in [3.8, 4) is 0 Å². The molecular weight excluding hydrogens is 237 g/mol. The van der Waals surface area contributed by atoms with E-state index in [-0.39, 0.29) is 17.1 Å². The Labute approximate surface area is 95.0 Å². The third-order valence-corrected chi connectivity index (χ3v) is 2.73. The van der Waals surface area contributed by atoms with Gasteiger partial charge in [-0.15, -0.1) is 0 Å². The zero-order chi connectivity index (χ0) is 11.9. The number of Topliss-reactive ketones (excluding diaryl/α,β-unsaturated/α-hetero) is 1. The maximum Gasteiger partial charge on any atom is 0.316 e. The largest absolute Gasteiger partial charge is 0.481 e. The molecule has 0 amide bonds. The molecule has 0 spiro atoms. The summed E-state index contributed by atoms with van der Waals surface area (Å²) in [5.41, 5.74) is 0.398. The van der Waals surface area contributed by atoms with Crippen LogP contribution in [0.5, 0.6) is 0 Å². The number of rotatable bonds is 1. The minimum absolute atomic E-state index is 0.0108. The standard InChI is InChI=1S/C10H7ClFNO3/c11-6-2-8-4(1-7(6)12)9(14)5(3-13-8)10(15)16/h1-2,5,13H,3H2,(H,15,16). The first-order valence-electron chi connectivity index (χ1n) is 4.50. The Balaban J connectivity index is 2.49. The van der Waals surface area contributed by atoms with Gasteiger partial charge in [-0.25, -0.2) is 4.39 Å². The van der Waals surface area contributed by atoms with Crippen molar-refractivity contribution in [2.24, 2.45) is 5.92 Å². The van der Waals surface area contributed by atoms with Crippen LogP contribution in [-0.2, 0) is 4.79 Å². The fraction of sp³-hybridized carbons (Fsp3) is 0.200. The second-order valence-corrected chi connectivity index (χ2v) is 3.86. The van der Waals surface area contributed by atoms with Gasteiger partial charge < -0.3 is 10.4 Å². The second-order valence-electron chi connectivity index (χ2n) is 3.45. The van der Waals surface area contributed by atoms with Crippen LogP contribution in [0.15, 0.2) is 12.1 Å². The van der Waals surface area contributed by atoms with E-state index in [0.29, 0.717) is 5.69 Å². The Bertz CT molecular complexity index is 489. The van der Waals surface area contributed by atoms with Crippen molar-refractivity contribution in [2.45, 2.75) is 0 Å². The Morgan fingerprint density at radius 1 is 1.56 bits per heavy atom. The van der Waals surface area contributed by atoms with Crippen LogP contribution in [0.25, 0.3) is 0 Å². The highest BCUT2D eigenvalue weighted by molar-refractivity contribution is 6.31. The highest BCUT2D eigenvalue weighted by Crippen LogP contribution is 2.29. The molecule has 84 valence electrons. The van der Waals surface area contributed by atoms with Crippen LogP contribution in [0.3, 0.4) is 0 Å². The number of ketones is 1. The molecule has 1 aliphatic rings. The van der Waals surface area contributed by atoms with Crippen molar-refractivity contribution in [3.63, 3.8) is 0 Å². The minimum atomic E-state index is -1.22. The Hall–Kier alpha value is -1.62. The van der Waals surface area contributed by atoms with Crippen molar-refractivity contribution in [2.75, 3.05) is 11.9 Å². The molecule has 16 heavy (non-hydrogen) atoms. The van der Waals surface area contributed by atoms with Gasteiger partial charge in [0.05, 0.1) is 5.02 Å². The first-order chi connectivity index (χ1) is 7.50. The van der Waals surface area contributed by atoms with Crippen LogP contribution in [0.4, 0.5) is 10.1 Å². The van der Waals surface area contributed by atoms with Crippen LogP contribution >= 0.6 is 11.6 Å². The van der Waals surface area contributed by atoms with E-state index < -0.39 is 23.5 Å². The number of benzene rings is 1. The molecule has 0 fully saturated rings. The molecule has 1 aromatic carbocycles. The number of carbonyl (C=O) groups is 2. The summed E-state index contributed by atoms with van der Waals surface area (Å²) in [6.45, 7) is -0.0108. The second kappa shape index (κ2) is 3.75. The molecule has 2 rings (SSSR count). The van der Waals surface area contributed by atoms with Gasteiger partial charge in [-0.2, -0.15) is 0 Å². The molecule has 0 aromatic heterocycles. The molecule has 1 heterocycles. The van der Waals surface area contributed by atoms with Gasteiger partial charge in [0.15, 0.2) is 5.78 Å². The van der Waals surface area contributed by atoms with E-state index >= 15 is 0 Å². The number of halogens is 2. The monoisotopic (exact) mass is 243 g/mol. The predicted molar refractivity (Wildman–Crippen MR) is 55.4 cm³/mol. The summed E-state index contributed by atoms with van der Waals surface area (Å²) in [6.07, 6.45) is 0. The summed E-state index contributed by atoms with van der Waals surface area (Å²) in [7, 11) is 0. The molecule has 1 unspecified atom stereocenters. The summed E-state index contributed by atoms with van der Waals surface area (Å²) in [6, 6.07) is 2.24. The lowest BCUT2D eigenvalue weighted by molar-refractivity contribution is -0.139. The molecule has 1 aliphatic heterocycles. The molecular formula is C10H7ClFNO3. The van der Waals surface area contributed by atoms with Crippen molar-refractivity contribution >= 4 is 29.0 Å². The number of hydrogen-bond acceptors (Lipinski definition) is 3. The van der Waals surface area contributed by atoms with Gasteiger partial charge in [0, 0.05) is 17.8 Å². The Kier molecular flexibility index (Phi) is 2.55. The van der Waals surface area contributed by atoms with Crippen LogP contribution in [-0.4, -0.2) is 23.4 Å². The summed E-state index contributed by atoms with van der Waals surface area (Å²) in [4.78, 5) is 22.4. The van der Waals surface area contributed by atoms with Gasteiger partial charge in [0.25, 0.3) is 0 Å². The minimum Gasteiger partial charge on any atom is -0.481 e. The van der Waals surface area contributed by atoms with Gasteiger partial charge in [-0.3, -0.25) is 9.59 Å². The number of carboxylic acids is 1. The number of fused-ring (bicyclic) bond motifs is 1. The first kappa shape index (κ1) is 10.9. The quantitative estimate of drug-likeness (QED) is 0.738. The lowest BCUT2D eigenvalue weighted by Gasteiger charge is -2.22. The smallest absolute Gasteiger partial charge is 0.316 e. The maximum absolute atomic E-state index is 13.1. The summed E-state index contributed by atoms with van der Waals surface area (Å²) in [5, 5.41) is 11.4. The molecule has 2 N–H and O–H groups in total. The van der Waals surface area contributed by atoms with E-state index in [1.165, 1.54) is 6.07 Å². The third kappa shape index (κ3) is 1.63. The number of aliphatic carboxylic acids is 1. The fourth-order valence-electron chi connectivity index (χ4n) is 1.59. The van der Waals surface area contributed by atoms with E-state index in [0.717, 1.165) is 6.07 Å². The summed E-state index contributed by atoms with van der Waals surface area (Å²) < 4.78 is 13.1. The normalized spacial score (nSPS) is 18.9. The SMILES string of the molecule is O=C(O)C1CNc2cc(Cl)c(F)cc2C1=O. The van der Waals surface area contributed by atoms with Gasteiger partial charge >= 0.3 is 5.97 Å². The number of hydrogen-bond donors (Lipinski definition) is 2. The molecule has 0 radical (unpaired) electrons. The van der Waals surface area contributed by atoms with Crippen molar-refractivity contribution < 1.29 is 19.1 Å². The average Bonchev–Trinajstić information content (AvgIpc) is 2.21. The van der Waals surface area contributed by atoms with E-state index in [9.17, 15) is 14.0 Å². The molecule has 1 atom stereocenters. The predicted octanol–water partition coefficient (Wildman–Crippen LogP) is 1.79. The van der Waals surface area contributed by atoms with Gasteiger partial charge in [-0.1, -0.05) is 11.6 Å². The molecule has 0 aliphatic carbocycles. The van der Waals surface area contributed by atoms with Crippen LogP contribution in [0, 0.1) is 11.7 Å². The lowest BCUT2D eigenvalue weighted by atomic mass is 9.92.